The predicted molar refractivity (Wildman–Crippen MR) is 207 cm³/mol. The van der Waals surface area contributed by atoms with Crippen LogP contribution in [0.15, 0.2) is 42.0 Å². The second-order valence-corrected chi connectivity index (χ2v) is 20.2. The van der Waals surface area contributed by atoms with E-state index in [1.165, 1.54) is 31.3 Å². The van der Waals surface area contributed by atoms with Gasteiger partial charge in [0.15, 0.2) is 5.78 Å². The van der Waals surface area contributed by atoms with Crippen molar-refractivity contribution in [2.45, 2.75) is 142 Å². The molecular weight excluding hydrogens is 759 g/mol. The number of aliphatic hydroxyl groups is 1. The molecule has 3 N–H and O–H groups in total. The molecule has 0 radical (unpaired) electrons. The Morgan fingerprint density at radius 3 is 2.16 bits per heavy atom. The molecule has 2 amide bonds. The summed E-state index contributed by atoms with van der Waals surface area (Å²) in [5.74, 6) is 2.02. The number of carbonyl (C=O) groups excluding carboxylic acids is 3. The van der Waals surface area contributed by atoms with Crippen molar-refractivity contribution in [2.75, 3.05) is 5.32 Å². The van der Waals surface area contributed by atoms with Gasteiger partial charge in [-0.2, -0.15) is 26.3 Å². The third-order valence-electron chi connectivity index (χ3n) is 17.8. The standard InChI is InChI=1S/C27H30F6N2O2.C19H28O2/c1-24-11-9-17-15(4-8-21-25(17,2)12-10-22(36)35-21)16(24)6-7-19(24)23(37)34-20-13-14(26(28,29)30)3-5-18(20)27(31,32)33;1-18-9-7-13(20)11-12(18)3-4-14-15-5-6-17(21)19(15,2)10-8-16(14)18/h3,5,10,12-13,15-17,19,21H,4,6-9,11H2,1-2H3,(H,34,37)(H,35,36);11,14-17,21H,3-10H2,1-2H3/t15-,16-,17-,19+,21+,24-,25+;14-,15-,16-,17-,18-,19-/m00/s1. The number of benzene rings is 1. The maximum Gasteiger partial charge on any atom is 0.418 e. The van der Waals surface area contributed by atoms with E-state index in [4.69, 9.17) is 0 Å². The third-order valence-corrected chi connectivity index (χ3v) is 17.8. The fourth-order valence-corrected chi connectivity index (χ4v) is 14.6. The lowest BCUT2D eigenvalue weighted by molar-refractivity contribution is -0.141. The second-order valence-electron chi connectivity index (χ2n) is 20.2. The van der Waals surface area contributed by atoms with Gasteiger partial charge >= 0.3 is 12.4 Å². The van der Waals surface area contributed by atoms with Crippen LogP contribution in [0.5, 0.6) is 0 Å². The predicted octanol–water partition coefficient (Wildman–Crippen LogP) is 10.5. The van der Waals surface area contributed by atoms with Crippen molar-refractivity contribution in [1.29, 1.82) is 0 Å². The van der Waals surface area contributed by atoms with Crippen molar-refractivity contribution in [3.05, 3.63) is 53.1 Å². The molecule has 9 rings (SSSR count). The van der Waals surface area contributed by atoms with Crippen LogP contribution in [0.25, 0.3) is 0 Å². The van der Waals surface area contributed by atoms with E-state index in [-0.39, 0.29) is 40.2 Å². The van der Waals surface area contributed by atoms with Crippen LogP contribution in [0.2, 0.25) is 0 Å². The number of carbonyl (C=O) groups is 3. The molecule has 6 nitrogen and oxygen atoms in total. The van der Waals surface area contributed by atoms with Gasteiger partial charge < -0.3 is 15.7 Å². The monoisotopic (exact) mass is 816 g/mol. The Bertz CT molecular complexity index is 1910. The molecule has 0 unspecified atom stereocenters. The van der Waals surface area contributed by atoms with Crippen LogP contribution in [-0.2, 0) is 26.7 Å². The SMILES string of the molecule is C[C@]12C=CC(=O)N[C@@H]1CC[C@@H]1[C@@H]2CC[C@]2(C)[C@@H](C(=O)Nc3cc(C(F)(F)F)ccc3C(F)(F)F)CC[C@@H]12.C[C@]12CC[C@H]3[C@@H](CCC4=CC(=O)CC[C@@]43C)[C@@H]1CC[C@@H]2O. The molecule has 1 heterocycles. The summed E-state index contributed by atoms with van der Waals surface area (Å²) in [4.78, 5) is 37.1. The molecule has 13 atom stereocenters. The first kappa shape index (κ1) is 41.6. The molecule has 6 saturated carbocycles. The average molecular weight is 817 g/mol. The van der Waals surface area contributed by atoms with Crippen molar-refractivity contribution in [3.8, 4) is 0 Å². The summed E-state index contributed by atoms with van der Waals surface area (Å²) in [5.41, 5.74) is -2.17. The zero-order valence-electron chi connectivity index (χ0n) is 34.0. The topological polar surface area (TPSA) is 95.5 Å². The minimum atomic E-state index is -4.91. The highest BCUT2D eigenvalue weighted by Gasteiger charge is 2.62. The van der Waals surface area contributed by atoms with E-state index in [1.807, 2.05) is 19.1 Å². The molecule has 1 aromatic carbocycles. The van der Waals surface area contributed by atoms with E-state index in [9.17, 15) is 45.8 Å². The first-order chi connectivity index (χ1) is 27.1. The van der Waals surface area contributed by atoms with Gasteiger partial charge in [-0.05, 0) is 166 Å². The van der Waals surface area contributed by atoms with E-state index in [0.29, 0.717) is 54.6 Å². The lowest BCUT2D eigenvalue weighted by atomic mass is 9.47. The quantitative estimate of drug-likeness (QED) is 0.259. The van der Waals surface area contributed by atoms with Gasteiger partial charge in [0, 0.05) is 23.8 Å². The van der Waals surface area contributed by atoms with E-state index in [2.05, 4.69) is 31.4 Å². The lowest BCUT2D eigenvalue weighted by Crippen LogP contribution is -2.59. The minimum absolute atomic E-state index is 0.0535. The fraction of sp³-hybridized carbons (Fsp3) is 0.717. The van der Waals surface area contributed by atoms with E-state index < -0.39 is 46.4 Å². The highest BCUT2D eigenvalue weighted by Crippen LogP contribution is 2.67. The van der Waals surface area contributed by atoms with Gasteiger partial charge in [0.05, 0.1) is 22.9 Å². The molecule has 8 aliphatic rings. The maximum atomic E-state index is 13.6. The number of halogens is 6. The minimum Gasteiger partial charge on any atom is -0.393 e. The van der Waals surface area contributed by atoms with Crippen LogP contribution >= 0.6 is 0 Å². The van der Waals surface area contributed by atoms with Crippen LogP contribution in [0.4, 0.5) is 32.0 Å². The number of anilines is 1. The van der Waals surface area contributed by atoms with Crippen molar-refractivity contribution in [1.82, 2.24) is 5.32 Å². The second kappa shape index (κ2) is 14.2. The number of aliphatic hydroxyl groups excluding tert-OH is 1. The molecule has 318 valence electrons. The highest BCUT2D eigenvalue weighted by molar-refractivity contribution is 5.94. The number of fused-ring (bicyclic) bond motifs is 10. The van der Waals surface area contributed by atoms with Crippen molar-refractivity contribution < 1.29 is 45.8 Å². The fourth-order valence-electron chi connectivity index (χ4n) is 14.6. The molecule has 6 fully saturated rings. The molecule has 0 bridgehead atoms. The molecular formula is C46H58F6N2O4. The first-order valence-electron chi connectivity index (χ1n) is 21.6. The van der Waals surface area contributed by atoms with Gasteiger partial charge in [0.1, 0.15) is 0 Å². The Morgan fingerprint density at radius 1 is 0.759 bits per heavy atom. The molecule has 0 saturated heterocycles. The van der Waals surface area contributed by atoms with Gasteiger partial charge in [-0.1, -0.05) is 39.3 Å². The van der Waals surface area contributed by atoms with Crippen LogP contribution < -0.4 is 10.6 Å². The Balaban J connectivity index is 0.000000188. The summed E-state index contributed by atoms with van der Waals surface area (Å²) < 4.78 is 80.4. The van der Waals surface area contributed by atoms with Gasteiger partial charge in [-0.15, -0.1) is 0 Å². The number of nitrogens with one attached hydrogen (secondary N) is 2. The Kier molecular flexibility index (Phi) is 10.2. The normalized spacial score (nSPS) is 42.9. The zero-order chi connectivity index (χ0) is 41.8. The number of hydrogen-bond donors (Lipinski definition) is 3. The van der Waals surface area contributed by atoms with Gasteiger partial charge in [0.2, 0.25) is 11.8 Å². The van der Waals surface area contributed by atoms with Crippen LogP contribution in [0, 0.1) is 63.1 Å². The Labute approximate surface area is 337 Å². The van der Waals surface area contributed by atoms with Gasteiger partial charge in [0.25, 0.3) is 0 Å². The molecule has 12 heteroatoms. The number of allylic oxidation sites excluding steroid dienone is 1. The number of hydrogen-bond acceptors (Lipinski definition) is 4. The number of alkyl halides is 6. The number of ketones is 1. The summed E-state index contributed by atoms with van der Waals surface area (Å²) >= 11 is 0. The molecule has 1 aliphatic heterocycles. The first-order valence-corrected chi connectivity index (χ1v) is 21.6. The van der Waals surface area contributed by atoms with Gasteiger partial charge in [-0.25, -0.2) is 0 Å². The molecule has 58 heavy (non-hydrogen) atoms. The third kappa shape index (κ3) is 6.68. The summed E-state index contributed by atoms with van der Waals surface area (Å²) in [6.07, 6.45) is 8.98. The van der Waals surface area contributed by atoms with Gasteiger partial charge in [-0.3, -0.25) is 14.4 Å². The zero-order valence-corrected chi connectivity index (χ0v) is 34.0. The molecule has 0 aromatic heterocycles. The summed E-state index contributed by atoms with van der Waals surface area (Å²) in [6, 6.07) is 1.18. The van der Waals surface area contributed by atoms with Crippen molar-refractivity contribution >= 4 is 23.3 Å². The number of amides is 2. The van der Waals surface area contributed by atoms with Crippen molar-refractivity contribution in [3.63, 3.8) is 0 Å². The summed E-state index contributed by atoms with van der Waals surface area (Å²) in [6.45, 7) is 8.94. The summed E-state index contributed by atoms with van der Waals surface area (Å²) in [7, 11) is 0. The largest absolute Gasteiger partial charge is 0.418 e. The van der Waals surface area contributed by atoms with E-state index in [1.54, 1.807) is 6.08 Å². The Hall–Kier alpha value is -3.15. The Morgan fingerprint density at radius 2 is 1.43 bits per heavy atom. The number of rotatable bonds is 2. The maximum absolute atomic E-state index is 13.6. The van der Waals surface area contributed by atoms with Crippen LogP contribution in [0.3, 0.4) is 0 Å². The molecule has 0 spiro atoms. The van der Waals surface area contributed by atoms with Crippen LogP contribution in [-0.4, -0.2) is 34.8 Å². The summed E-state index contributed by atoms with van der Waals surface area (Å²) in [5, 5.41) is 15.8. The van der Waals surface area contributed by atoms with E-state index in [0.717, 1.165) is 63.2 Å². The van der Waals surface area contributed by atoms with E-state index >= 15 is 0 Å². The lowest BCUT2D eigenvalue weighted by Gasteiger charge is -2.58. The molecule has 1 aromatic rings. The van der Waals surface area contributed by atoms with Crippen molar-refractivity contribution in [2.24, 2.45) is 63.1 Å². The van der Waals surface area contributed by atoms with Crippen LogP contribution in [0.1, 0.15) is 129 Å². The highest BCUT2D eigenvalue weighted by atomic mass is 19.4. The average Bonchev–Trinajstić information content (AvgIpc) is 3.67. The smallest absolute Gasteiger partial charge is 0.393 e. The molecule has 7 aliphatic carbocycles.